The molecule has 0 aliphatic carbocycles. The summed E-state index contributed by atoms with van der Waals surface area (Å²) in [7, 11) is 0. The molecular formula is C18H20N8O3S. The van der Waals surface area contributed by atoms with E-state index >= 15 is 0 Å². The minimum atomic E-state index is -0.819. The summed E-state index contributed by atoms with van der Waals surface area (Å²) >= 11 is 3.97. The van der Waals surface area contributed by atoms with E-state index < -0.39 is 12.0 Å². The van der Waals surface area contributed by atoms with E-state index in [0.29, 0.717) is 22.6 Å². The third kappa shape index (κ3) is 4.72. The second kappa shape index (κ2) is 8.88. The van der Waals surface area contributed by atoms with Crippen LogP contribution in [0.2, 0.25) is 0 Å². The number of rotatable bonds is 6. The van der Waals surface area contributed by atoms with Gasteiger partial charge in [-0.1, -0.05) is 0 Å². The van der Waals surface area contributed by atoms with Crippen molar-refractivity contribution < 1.29 is 14.3 Å². The van der Waals surface area contributed by atoms with Crippen molar-refractivity contribution in [2.24, 2.45) is 5.73 Å². The third-order valence-electron chi connectivity index (χ3n) is 4.07. The molecule has 0 saturated heterocycles. The zero-order valence-electron chi connectivity index (χ0n) is 16.0. The first-order valence-corrected chi connectivity index (χ1v) is 9.42. The largest absolute Gasteiger partial charge is 0.425 e. The van der Waals surface area contributed by atoms with E-state index in [1.165, 1.54) is 18.0 Å². The number of carbonyl (C=O) groups excluding carboxylic acids is 2. The molecule has 0 radical (unpaired) electrons. The highest BCUT2D eigenvalue weighted by Crippen LogP contribution is 2.22. The fourth-order valence-corrected chi connectivity index (χ4v) is 2.71. The van der Waals surface area contributed by atoms with Gasteiger partial charge in [-0.2, -0.15) is 22.6 Å². The summed E-state index contributed by atoms with van der Waals surface area (Å²) in [6, 6.07) is 5.59. The van der Waals surface area contributed by atoms with Gasteiger partial charge in [-0.3, -0.25) is 4.79 Å². The number of thiol groups is 1. The van der Waals surface area contributed by atoms with Crippen molar-refractivity contribution in [2.45, 2.75) is 19.5 Å². The van der Waals surface area contributed by atoms with E-state index in [0.717, 1.165) is 0 Å². The number of nitrogens with zero attached hydrogens (tertiary/aromatic N) is 5. The van der Waals surface area contributed by atoms with Crippen LogP contribution in [0.1, 0.15) is 12.6 Å². The molecule has 0 spiro atoms. The van der Waals surface area contributed by atoms with E-state index in [4.69, 9.17) is 21.9 Å². The van der Waals surface area contributed by atoms with Gasteiger partial charge in [0.15, 0.2) is 17.0 Å². The van der Waals surface area contributed by atoms with Crippen LogP contribution in [0.25, 0.3) is 11.2 Å². The third-order valence-corrected chi connectivity index (χ3v) is 4.46. The first-order valence-electron chi connectivity index (χ1n) is 8.79. The predicted octanol–water partition coefficient (Wildman–Crippen LogP) is 0.300. The molecule has 0 bridgehead atoms. The number of amides is 1. The number of ether oxygens (including phenoxy) is 1. The van der Waals surface area contributed by atoms with Crippen molar-refractivity contribution in [1.82, 2.24) is 19.9 Å². The molecule has 6 N–H and O–H groups in total. The van der Waals surface area contributed by atoms with Crippen LogP contribution in [0.5, 0.6) is 5.75 Å². The minimum Gasteiger partial charge on any atom is -0.425 e. The van der Waals surface area contributed by atoms with Crippen molar-refractivity contribution in [1.29, 1.82) is 0 Å². The molecule has 1 aromatic carbocycles. The minimum absolute atomic E-state index is 0.00327. The molecule has 0 aliphatic rings. The fraction of sp³-hybridized carbons (Fsp3) is 0.222. The van der Waals surface area contributed by atoms with Gasteiger partial charge >= 0.3 is 5.97 Å². The topological polar surface area (TPSA) is 176 Å². The number of benzene rings is 1. The Morgan fingerprint density at radius 2 is 1.87 bits per heavy atom. The lowest BCUT2D eigenvalue weighted by Gasteiger charge is -2.21. The maximum atomic E-state index is 12.2. The molecule has 1 atom stereocenters. The average Bonchev–Trinajstić information content (AvgIpc) is 2.72. The number of fused-ring (bicyclic) bond motifs is 1. The molecule has 156 valence electrons. The van der Waals surface area contributed by atoms with Crippen LogP contribution in [0.3, 0.4) is 0 Å². The molecule has 3 rings (SSSR count). The monoisotopic (exact) mass is 428 g/mol. The van der Waals surface area contributed by atoms with Crippen molar-refractivity contribution in [3.8, 4) is 5.75 Å². The number of nitrogens with two attached hydrogens (primary N) is 3. The Morgan fingerprint density at radius 3 is 2.50 bits per heavy atom. The number of nitrogen functional groups attached to an aromatic ring is 2. The summed E-state index contributed by atoms with van der Waals surface area (Å²) in [5, 5.41) is 0. The van der Waals surface area contributed by atoms with Gasteiger partial charge in [0, 0.05) is 18.4 Å². The Hall–Kier alpha value is -3.51. The number of hydrogen-bond acceptors (Lipinski definition) is 11. The molecule has 3 aromatic rings. The molecule has 30 heavy (non-hydrogen) atoms. The standard InChI is InChI=1S/C18H20N8O3S/c1-9(27)26(11-2-4-12(5-3-11)29-17(28)13(19)8-30)7-10-6-22-16-14(23-10)15(20)24-18(21)25-16/h2-6,13,30H,7-8,19H2,1H3,(H4,20,21,22,24,25). The second-order valence-electron chi connectivity index (χ2n) is 6.31. The Bertz CT molecular complexity index is 1090. The summed E-state index contributed by atoms with van der Waals surface area (Å²) < 4.78 is 5.17. The van der Waals surface area contributed by atoms with Crippen molar-refractivity contribution >= 4 is 53.1 Å². The van der Waals surface area contributed by atoms with Crippen LogP contribution in [0, 0.1) is 0 Å². The lowest BCUT2D eigenvalue weighted by atomic mass is 10.2. The Labute approximate surface area is 177 Å². The smallest absolute Gasteiger partial charge is 0.329 e. The summed E-state index contributed by atoms with van der Waals surface area (Å²) in [6.45, 7) is 1.55. The van der Waals surface area contributed by atoms with E-state index in [1.807, 2.05) is 0 Å². The van der Waals surface area contributed by atoms with Gasteiger partial charge in [0.2, 0.25) is 11.9 Å². The highest BCUT2D eigenvalue weighted by Gasteiger charge is 2.17. The molecule has 2 heterocycles. The molecule has 2 aromatic heterocycles. The van der Waals surface area contributed by atoms with Crippen LogP contribution < -0.4 is 26.8 Å². The zero-order chi connectivity index (χ0) is 21.8. The van der Waals surface area contributed by atoms with E-state index in [1.54, 1.807) is 24.3 Å². The average molecular weight is 428 g/mol. The summed E-state index contributed by atoms with van der Waals surface area (Å²) in [6.07, 6.45) is 1.49. The molecular weight excluding hydrogens is 408 g/mol. The summed E-state index contributed by atoms with van der Waals surface area (Å²) in [4.78, 5) is 41.9. The summed E-state index contributed by atoms with van der Waals surface area (Å²) in [5.74, 6) is -0.231. The molecule has 11 nitrogen and oxygen atoms in total. The normalized spacial score (nSPS) is 11.8. The number of carbonyl (C=O) groups is 2. The van der Waals surface area contributed by atoms with Crippen molar-refractivity contribution in [3.63, 3.8) is 0 Å². The van der Waals surface area contributed by atoms with Crippen LogP contribution in [0.4, 0.5) is 17.5 Å². The first-order chi connectivity index (χ1) is 14.3. The van der Waals surface area contributed by atoms with Crippen molar-refractivity contribution in [3.05, 3.63) is 36.2 Å². The second-order valence-corrected chi connectivity index (χ2v) is 6.67. The number of aromatic nitrogens is 4. The van der Waals surface area contributed by atoms with Gasteiger partial charge in [0.1, 0.15) is 11.8 Å². The lowest BCUT2D eigenvalue weighted by Crippen LogP contribution is -2.35. The SMILES string of the molecule is CC(=O)N(Cc1cnc2nc(N)nc(N)c2n1)c1ccc(OC(=O)C(N)CS)cc1. The van der Waals surface area contributed by atoms with Crippen LogP contribution >= 0.6 is 12.6 Å². The van der Waals surface area contributed by atoms with Gasteiger partial charge in [0.25, 0.3) is 0 Å². The zero-order valence-corrected chi connectivity index (χ0v) is 16.9. The maximum absolute atomic E-state index is 12.2. The molecule has 0 fully saturated rings. The lowest BCUT2D eigenvalue weighted by molar-refractivity contribution is -0.135. The molecule has 1 unspecified atom stereocenters. The Kier molecular flexibility index (Phi) is 6.28. The van der Waals surface area contributed by atoms with Gasteiger partial charge in [-0.25, -0.2) is 14.8 Å². The van der Waals surface area contributed by atoms with E-state index in [2.05, 4.69) is 32.6 Å². The van der Waals surface area contributed by atoms with Crippen LogP contribution in [0.15, 0.2) is 30.5 Å². The van der Waals surface area contributed by atoms with Gasteiger partial charge in [-0.05, 0) is 24.3 Å². The van der Waals surface area contributed by atoms with Crippen LogP contribution in [-0.4, -0.2) is 43.6 Å². The van der Waals surface area contributed by atoms with Gasteiger partial charge in [-0.15, -0.1) is 0 Å². The molecule has 0 aliphatic heterocycles. The highest BCUT2D eigenvalue weighted by molar-refractivity contribution is 7.80. The maximum Gasteiger partial charge on any atom is 0.329 e. The van der Waals surface area contributed by atoms with Gasteiger partial charge < -0.3 is 26.8 Å². The molecule has 0 saturated carbocycles. The Morgan fingerprint density at radius 1 is 1.17 bits per heavy atom. The van der Waals surface area contributed by atoms with E-state index in [9.17, 15) is 9.59 Å². The quantitative estimate of drug-likeness (QED) is 0.242. The first kappa shape index (κ1) is 21.2. The van der Waals surface area contributed by atoms with Crippen molar-refractivity contribution in [2.75, 3.05) is 22.1 Å². The van der Waals surface area contributed by atoms with Crippen LogP contribution in [-0.2, 0) is 16.1 Å². The fourth-order valence-electron chi connectivity index (χ4n) is 2.57. The summed E-state index contributed by atoms with van der Waals surface area (Å²) in [5.41, 5.74) is 18.6. The molecule has 1 amide bonds. The number of anilines is 3. The Balaban J connectivity index is 1.82. The number of esters is 1. The number of hydrogen-bond donors (Lipinski definition) is 4. The predicted molar refractivity (Wildman–Crippen MR) is 115 cm³/mol. The highest BCUT2D eigenvalue weighted by atomic mass is 32.1. The van der Waals surface area contributed by atoms with Gasteiger partial charge in [0.05, 0.1) is 18.4 Å². The van der Waals surface area contributed by atoms with E-state index in [-0.39, 0.29) is 35.6 Å². The molecule has 12 heteroatoms.